The summed E-state index contributed by atoms with van der Waals surface area (Å²) in [6.45, 7) is 3.90. The molecule has 1 aromatic heterocycles. The van der Waals surface area contributed by atoms with E-state index in [1.165, 1.54) is 7.11 Å². The Bertz CT molecular complexity index is 1030. The fourth-order valence-corrected chi connectivity index (χ4v) is 2.61. The summed E-state index contributed by atoms with van der Waals surface area (Å²) in [6.07, 6.45) is 1.72. The molecule has 0 aliphatic carbocycles. The van der Waals surface area contributed by atoms with E-state index in [2.05, 4.69) is 20.8 Å². The minimum Gasteiger partial charge on any atom is -0.482 e. The number of nitrogens with one attached hydrogen (secondary N) is 1. The number of rotatable bonds is 5. The molecule has 0 atom stereocenters. The van der Waals surface area contributed by atoms with E-state index < -0.39 is 5.97 Å². The first kappa shape index (κ1) is 18.2. The maximum absolute atomic E-state index is 11.2. The van der Waals surface area contributed by atoms with Gasteiger partial charge in [0.05, 0.1) is 23.7 Å². The van der Waals surface area contributed by atoms with Crippen molar-refractivity contribution < 1.29 is 14.3 Å². The van der Waals surface area contributed by atoms with Gasteiger partial charge >= 0.3 is 5.97 Å². The van der Waals surface area contributed by atoms with Crippen LogP contribution in [0.3, 0.4) is 0 Å². The first-order valence-corrected chi connectivity index (χ1v) is 8.39. The van der Waals surface area contributed by atoms with Crippen molar-refractivity contribution in [1.29, 1.82) is 5.26 Å². The van der Waals surface area contributed by atoms with Crippen LogP contribution in [0.2, 0.25) is 0 Å². The van der Waals surface area contributed by atoms with Gasteiger partial charge in [0.25, 0.3) is 0 Å². The van der Waals surface area contributed by atoms with Gasteiger partial charge in [-0.2, -0.15) is 5.26 Å². The Morgan fingerprint density at radius 3 is 2.78 bits per heavy atom. The van der Waals surface area contributed by atoms with Crippen LogP contribution in [0, 0.1) is 25.2 Å². The number of aryl methyl sites for hydroxylation is 2. The summed E-state index contributed by atoms with van der Waals surface area (Å²) >= 11 is 0. The number of nitriles is 1. The summed E-state index contributed by atoms with van der Waals surface area (Å²) in [5.74, 6) is 0.571. The fourth-order valence-electron chi connectivity index (χ4n) is 2.61. The van der Waals surface area contributed by atoms with E-state index in [4.69, 9.17) is 4.74 Å². The molecule has 0 bridgehead atoms. The largest absolute Gasteiger partial charge is 0.482 e. The first-order chi connectivity index (χ1) is 13.0. The molecule has 0 aliphatic rings. The molecule has 0 amide bonds. The number of ether oxygens (including phenoxy) is 2. The van der Waals surface area contributed by atoms with Gasteiger partial charge in [-0.05, 0) is 60.9 Å². The molecule has 0 radical (unpaired) electrons. The summed E-state index contributed by atoms with van der Waals surface area (Å²) in [5, 5.41) is 9.58. The Labute approximate surface area is 157 Å². The highest BCUT2D eigenvalue weighted by Crippen LogP contribution is 2.23. The van der Waals surface area contributed by atoms with Crippen molar-refractivity contribution in [3.8, 4) is 11.8 Å². The van der Waals surface area contributed by atoms with Crippen molar-refractivity contribution in [2.75, 3.05) is 13.7 Å². The van der Waals surface area contributed by atoms with Crippen molar-refractivity contribution in [2.45, 2.75) is 13.8 Å². The normalized spacial score (nSPS) is 11.3. The number of allylic oxidation sites excluding steroid dienone is 1. The molecule has 1 N–H and O–H groups in total. The molecule has 0 aliphatic heterocycles. The second kappa shape index (κ2) is 7.75. The van der Waals surface area contributed by atoms with Crippen molar-refractivity contribution >= 4 is 28.7 Å². The smallest absolute Gasteiger partial charge is 0.343 e. The molecule has 2 aromatic carbocycles. The summed E-state index contributed by atoms with van der Waals surface area (Å²) in [6, 6.07) is 13.3. The lowest BCUT2D eigenvalue weighted by Gasteiger charge is -2.05. The lowest BCUT2D eigenvalue weighted by Crippen LogP contribution is -2.12. The van der Waals surface area contributed by atoms with Crippen LogP contribution in [0.25, 0.3) is 22.7 Å². The predicted molar refractivity (Wildman–Crippen MR) is 103 cm³/mol. The van der Waals surface area contributed by atoms with Gasteiger partial charge in [-0.3, -0.25) is 0 Å². The number of esters is 1. The molecule has 0 spiro atoms. The highest BCUT2D eigenvalue weighted by Gasteiger charge is 2.10. The third kappa shape index (κ3) is 4.15. The number of nitrogens with zero attached hydrogens (tertiary/aromatic N) is 2. The second-order valence-corrected chi connectivity index (χ2v) is 6.15. The van der Waals surface area contributed by atoms with E-state index in [0.717, 1.165) is 27.7 Å². The van der Waals surface area contributed by atoms with Crippen LogP contribution in [0.15, 0.2) is 36.4 Å². The van der Waals surface area contributed by atoms with Crippen LogP contribution in [0.4, 0.5) is 0 Å². The molecule has 0 fully saturated rings. The molecule has 27 heavy (non-hydrogen) atoms. The Balaban J connectivity index is 1.90. The van der Waals surface area contributed by atoms with Gasteiger partial charge in [0, 0.05) is 0 Å². The maximum atomic E-state index is 11.2. The van der Waals surface area contributed by atoms with Gasteiger partial charge in [-0.25, -0.2) is 9.78 Å². The van der Waals surface area contributed by atoms with E-state index in [-0.39, 0.29) is 6.61 Å². The van der Waals surface area contributed by atoms with E-state index in [9.17, 15) is 10.1 Å². The van der Waals surface area contributed by atoms with Gasteiger partial charge in [-0.15, -0.1) is 0 Å². The third-order valence-electron chi connectivity index (χ3n) is 4.23. The number of H-pyrrole nitrogens is 1. The number of fused-ring (bicyclic) bond motifs is 1. The van der Waals surface area contributed by atoms with E-state index >= 15 is 0 Å². The summed E-state index contributed by atoms with van der Waals surface area (Å²) in [7, 11) is 1.31. The lowest BCUT2D eigenvalue weighted by atomic mass is 10.1. The molecule has 3 aromatic rings. The van der Waals surface area contributed by atoms with Crippen molar-refractivity contribution in [3.05, 3.63) is 58.9 Å². The topological polar surface area (TPSA) is 88.0 Å². The zero-order valence-electron chi connectivity index (χ0n) is 15.4. The fraction of sp³-hybridized carbons (Fsp3) is 0.190. The van der Waals surface area contributed by atoms with Crippen molar-refractivity contribution in [2.24, 2.45) is 0 Å². The Morgan fingerprint density at radius 1 is 1.26 bits per heavy atom. The molecule has 136 valence electrons. The maximum Gasteiger partial charge on any atom is 0.343 e. The number of carbonyl (C=O) groups excluding carboxylic acids is 1. The van der Waals surface area contributed by atoms with Crippen LogP contribution in [0.5, 0.6) is 5.75 Å². The summed E-state index contributed by atoms with van der Waals surface area (Å²) in [4.78, 5) is 18.9. The van der Waals surface area contributed by atoms with Crippen LogP contribution >= 0.6 is 0 Å². The zero-order valence-corrected chi connectivity index (χ0v) is 15.4. The van der Waals surface area contributed by atoms with Gasteiger partial charge in [-0.1, -0.05) is 12.1 Å². The number of hydrogen-bond donors (Lipinski definition) is 1. The number of hydrogen-bond acceptors (Lipinski definition) is 5. The second-order valence-electron chi connectivity index (χ2n) is 6.15. The number of carbonyl (C=O) groups is 1. The SMILES string of the molecule is COC(=O)COc1cccc(/C=C(\C#N)c2nc3cc(C)c(C)cc3[nH]2)c1. The van der Waals surface area contributed by atoms with Gasteiger partial charge in [0.2, 0.25) is 0 Å². The Hall–Kier alpha value is -3.59. The van der Waals surface area contributed by atoms with Gasteiger partial charge in [0.15, 0.2) is 6.61 Å². The number of methoxy groups -OCH3 is 1. The van der Waals surface area contributed by atoms with Crippen LogP contribution in [0.1, 0.15) is 22.5 Å². The molecule has 1 heterocycles. The quantitative estimate of drug-likeness (QED) is 0.552. The number of benzene rings is 2. The third-order valence-corrected chi connectivity index (χ3v) is 4.23. The molecule has 3 rings (SSSR count). The number of imidazole rings is 1. The van der Waals surface area contributed by atoms with E-state index in [1.807, 2.05) is 32.0 Å². The van der Waals surface area contributed by atoms with Crippen LogP contribution in [-0.4, -0.2) is 29.7 Å². The lowest BCUT2D eigenvalue weighted by molar-refractivity contribution is -0.142. The van der Waals surface area contributed by atoms with Gasteiger partial charge < -0.3 is 14.5 Å². The number of aromatic amines is 1. The summed E-state index contributed by atoms with van der Waals surface area (Å²) in [5.41, 5.74) is 5.20. The standard InChI is InChI=1S/C21H19N3O3/c1-13-7-18-19(8-14(13)2)24-21(23-18)16(11-22)9-15-5-4-6-17(10-15)27-12-20(25)26-3/h4-10H,12H2,1-3H3,(H,23,24)/b16-9+. The zero-order chi connectivity index (χ0) is 19.4. The monoisotopic (exact) mass is 361 g/mol. The highest BCUT2D eigenvalue weighted by atomic mass is 16.6. The average Bonchev–Trinajstić information content (AvgIpc) is 3.07. The van der Waals surface area contributed by atoms with Gasteiger partial charge in [0.1, 0.15) is 17.6 Å². The minimum atomic E-state index is -0.457. The molecular formula is C21H19N3O3. The molecule has 0 saturated carbocycles. The molecule has 0 unspecified atom stereocenters. The first-order valence-electron chi connectivity index (χ1n) is 8.39. The highest BCUT2D eigenvalue weighted by molar-refractivity contribution is 5.90. The van der Waals surface area contributed by atoms with Crippen molar-refractivity contribution in [1.82, 2.24) is 9.97 Å². The molecule has 6 nitrogen and oxygen atoms in total. The molecule has 6 heteroatoms. The number of aromatic nitrogens is 2. The predicted octanol–water partition coefficient (Wildman–Crippen LogP) is 3.80. The Morgan fingerprint density at radius 2 is 2.04 bits per heavy atom. The van der Waals surface area contributed by atoms with Crippen molar-refractivity contribution in [3.63, 3.8) is 0 Å². The minimum absolute atomic E-state index is 0.170. The molecule has 0 saturated heterocycles. The average molecular weight is 361 g/mol. The molecular weight excluding hydrogens is 342 g/mol. The van der Waals surface area contributed by atoms with Crippen LogP contribution < -0.4 is 4.74 Å². The van der Waals surface area contributed by atoms with E-state index in [0.29, 0.717) is 17.1 Å². The summed E-state index contributed by atoms with van der Waals surface area (Å²) < 4.78 is 9.94. The van der Waals surface area contributed by atoms with E-state index in [1.54, 1.807) is 24.3 Å². The van der Waals surface area contributed by atoms with Crippen LogP contribution in [-0.2, 0) is 9.53 Å². The Kier molecular flexibility index (Phi) is 5.23.